The van der Waals surface area contributed by atoms with Crippen molar-refractivity contribution in [2.24, 2.45) is 0 Å². The van der Waals surface area contributed by atoms with Crippen LogP contribution in [0.1, 0.15) is 21.0 Å². The lowest BCUT2D eigenvalue weighted by molar-refractivity contribution is 0.0859. The summed E-state index contributed by atoms with van der Waals surface area (Å²) < 4.78 is 1.39. The van der Waals surface area contributed by atoms with Gasteiger partial charge in [0.15, 0.2) is 0 Å². The number of imidazole rings is 1. The van der Waals surface area contributed by atoms with Gasteiger partial charge < -0.3 is 11.1 Å². The Labute approximate surface area is 110 Å². The molecule has 3 N–H and O–H groups in total. The molecule has 2 aromatic rings. The maximum absolute atomic E-state index is 11.8. The van der Waals surface area contributed by atoms with Crippen molar-refractivity contribution in [2.45, 2.75) is 6.92 Å². The SMILES string of the molecule is Cc1nccn1C(=O)CNC(=O)c1ccc(N)cc1. The summed E-state index contributed by atoms with van der Waals surface area (Å²) in [6.07, 6.45) is 3.10. The Bertz CT molecular complexity index is 601. The van der Waals surface area contributed by atoms with Gasteiger partial charge in [0.25, 0.3) is 11.8 Å². The summed E-state index contributed by atoms with van der Waals surface area (Å²) in [6, 6.07) is 6.49. The summed E-state index contributed by atoms with van der Waals surface area (Å²) in [5, 5.41) is 2.56. The monoisotopic (exact) mass is 258 g/mol. The van der Waals surface area contributed by atoms with Gasteiger partial charge in [0.2, 0.25) is 0 Å². The van der Waals surface area contributed by atoms with Crippen LogP contribution in [0.15, 0.2) is 36.7 Å². The van der Waals surface area contributed by atoms with Gasteiger partial charge in [0.1, 0.15) is 5.82 Å². The van der Waals surface area contributed by atoms with E-state index in [1.165, 1.54) is 10.8 Å². The summed E-state index contributed by atoms with van der Waals surface area (Å²) in [5.41, 5.74) is 6.58. The molecule has 0 aliphatic heterocycles. The van der Waals surface area contributed by atoms with E-state index < -0.39 is 0 Å². The number of nitrogens with one attached hydrogen (secondary N) is 1. The standard InChI is InChI=1S/C13H14N4O2/c1-9-15-6-7-17(9)12(18)8-16-13(19)10-2-4-11(14)5-3-10/h2-7H,8,14H2,1H3,(H,16,19). The van der Waals surface area contributed by atoms with Crippen LogP contribution in [-0.2, 0) is 0 Å². The van der Waals surface area contributed by atoms with Gasteiger partial charge in [-0.1, -0.05) is 0 Å². The lowest BCUT2D eigenvalue weighted by atomic mass is 10.2. The summed E-state index contributed by atoms with van der Waals surface area (Å²) in [4.78, 5) is 27.5. The number of nitrogens with zero attached hydrogens (tertiary/aromatic N) is 2. The molecule has 6 nitrogen and oxygen atoms in total. The Balaban J connectivity index is 1.96. The summed E-state index contributed by atoms with van der Waals surface area (Å²) >= 11 is 0. The largest absolute Gasteiger partial charge is 0.399 e. The highest BCUT2D eigenvalue weighted by Gasteiger charge is 2.10. The molecule has 0 saturated heterocycles. The summed E-state index contributed by atoms with van der Waals surface area (Å²) in [7, 11) is 0. The zero-order chi connectivity index (χ0) is 13.8. The Morgan fingerprint density at radius 2 is 2.00 bits per heavy atom. The van der Waals surface area contributed by atoms with Gasteiger partial charge in [-0.05, 0) is 31.2 Å². The van der Waals surface area contributed by atoms with Crippen LogP contribution >= 0.6 is 0 Å². The molecule has 0 spiro atoms. The second kappa shape index (κ2) is 5.34. The van der Waals surface area contributed by atoms with Crippen LogP contribution in [0.3, 0.4) is 0 Å². The predicted octanol–water partition coefficient (Wildman–Crippen LogP) is 0.844. The van der Waals surface area contributed by atoms with Crippen LogP contribution in [-0.4, -0.2) is 27.9 Å². The smallest absolute Gasteiger partial charge is 0.251 e. The molecule has 6 heteroatoms. The number of aryl methyl sites for hydroxylation is 1. The molecule has 0 aliphatic rings. The van der Waals surface area contributed by atoms with E-state index in [4.69, 9.17) is 5.73 Å². The van der Waals surface area contributed by atoms with Crippen molar-refractivity contribution in [2.75, 3.05) is 12.3 Å². The maximum Gasteiger partial charge on any atom is 0.251 e. The van der Waals surface area contributed by atoms with E-state index in [0.29, 0.717) is 17.1 Å². The first-order valence-corrected chi connectivity index (χ1v) is 5.75. The minimum Gasteiger partial charge on any atom is -0.399 e. The van der Waals surface area contributed by atoms with Crippen molar-refractivity contribution < 1.29 is 9.59 Å². The van der Waals surface area contributed by atoms with Crippen molar-refractivity contribution in [1.29, 1.82) is 0 Å². The van der Waals surface area contributed by atoms with Gasteiger partial charge in [-0.3, -0.25) is 14.2 Å². The summed E-state index contributed by atoms with van der Waals surface area (Å²) in [5.74, 6) is 0.0386. The first-order valence-electron chi connectivity index (χ1n) is 5.75. The average molecular weight is 258 g/mol. The predicted molar refractivity (Wildman–Crippen MR) is 70.8 cm³/mol. The topological polar surface area (TPSA) is 90.0 Å². The molecular weight excluding hydrogens is 244 g/mol. The van der Waals surface area contributed by atoms with Crippen molar-refractivity contribution >= 4 is 17.5 Å². The first-order chi connectivity index (χ1) is 9.08. The third-order valence-corrected chi connectivity index (χ3v) is 2.67. The Kier molecular flexibility index (Phi) is 3.61. The van der Waals surface area contributed by atoms with Gasteiger partial charge in [-0.2, -0.15) is 0 Å². The minimum atomic E-state index is -0.314. The number of hydrogen-bond donors (Lipinski definition) is 2. The lowest BCUT2D eigenvalue weighted by Crippen LogP contribution is -2.32. The molecule has 0 aliphatic carbocycles. The van der Waals surface area contributed by atoms with Gasteiger partial charge in [-0.15, -0.1) is 0 Å². The zero-order valence-electron chi connectivity index (χ0n) is 10.5. The molecule has 98 valence electrons. The second-order valence-electron chi connectivity index (χ2n) is 4.04. The molecule has 0 saturated carbocycles. The number of carbonyl (C=O) groups is 2. The van der Waals surface area contributed by atoms with Crippen molar-refractivity contribution in [1.82, 2.24) is 14.9 Å². The zero-order valence-corrected chi connectivity index (χ0v) is 10.5. The lowest BCUT2D eigenvalue weighted by Gasteiger charge is -2.06. The molecule has 1 heterocycles. The number of nitrogens with two attached hydrogens (primary N) is 1. The highest BCUT2D eigenvalue weighted by molar-refractivity contribution is 5.97. The van der Waals surface area contributed by atoms with E-state index in [1.807, 2.05) is 0 Å². The number of carbonyl (C=O) groups excluding carboxylic acids is 2. The van der Waals surface area contributed by atoms with Crippen LogP contribution < -0.4 is 11.1 Å². The van der Waals surface area contributed by atoms with Crippen LogP contribution in [0.25, 0.3) is 0 Å². The normalized spacial score (nSPS) is 10.2. The van der Waals surface area contributed by atoms with E-state index in [1.54, 1.807) is 37.4 Å². The molecule has 0 radical (unpaired) electrons. The van der Waals surface area contributed by atoms with Gasteiger partial charge >= 0.3 is 0 Å². The molecular formula is C13H14N4O2. The minimum absolute atomic E-state index is 0.0829. The molecule has 1 amide bonds. The van der Waals surface area contributed by atoms with Crippen LogP contribution in [0.4, 0.5) is 5.69 Å². The van der Waals surface area contributed by atoms with Crippen molar-refractivity contribution in [3.63, 3.8) is 0 Å². The Morgan fingerprint density at radius 1 is 1.32 bits per heavy atom. The molecule has 0 atom stereocenters. The molecule has 1 aromatic heterocycles. The van der Waals surface area contributed by atoms with E-state index in [9.17, 15) is 9.59 Å². The third kappa shape index (κ3) is 2.98. The molecule has 19 heavy (non-hydrogen) atoms. The van der Waals surface area contributed by atoms with Crippen molar-refractivity contribution in [3.8, 4) is 0 Å². The summed E-state index contributed by atoms with van der Waals surface area (Å²) in [6.45, 7) is 1.64. The van der Waals surface area contributed by atoms with Crippen LogP contribution in [0.2, 0.25) is 0 Å². The van der Waals surface area contributed by atoms with Crippen LogP contribution in [0.5, 0.6) is 0 Å². The van der Waals surface area contributed by atoms with E-state index in [0.717, 1.165) is 0 Å². The number of aromatic nitrogens is 2. The number of rotatable bonds is 3. The quantitative estimate of drug-likeness (QED) is 0.798. The maximum atomic E-state index is 11.8. The van der Waals surface area contributed by atoms with E-state index in [2.05, 4.69) is 10.3 Å². The number of anilines is 1. The fourth-order valence-corrected chi connectivity index (χ4v) is 1.62. The molecule has 0 bridgehead atoms. The number of nitrogen functional groups attached to an aromatic ring is 1. The number of benzene rings is 1. The third-order valence-electron chi connectivity index (χ3n) is 2.67. The van der Waals surface area contributed by atoms with Crippen molar-refractivity contribution in [3.05, 3.63) is 48.0 Å². The highest BCUT2D eigenvalue weighted by Crippen LogP contribution is 2.05. The van der Waals surface area contributed by atoms with Crippen LogP contribution in [0, 0.1) is 6.92 Å². The first kappa shape index (κ1) is 12.8. The molecule has 1 aromatic carbocycles. The van der Waals surface area contributed by atoms with Gasteiger partial charge in [0, 0.05) is 23.6 Å². The van der Waals surface area contributed by atoms with Gasteiger partial charge in [-0.25, -0.2) is 4.98 Å². The fraction of sp³-hybridized carbons (Fsp3) is 0.154. The molecule has 2 rings (SSSR count). The second-order valence-corrected chi connectivity index (χ2v) is 4.04. The highest BCUT2D eigenvalue weighted by atomic mass is 16.2. The number of hydrogen-bond acceptors (Lipinski definition) is 4. The van der Waals surface area contributed by atoms with E-state index in [-0.39, 0.29) is 18.4 Å². The average Bonchev–Trinajstić information content (AvgIpc) is 2.83. The van der Waals surface area contributed by atoms with Gasteiger partial charge in [0.05, 0.1) is 6.54 Å². The Hall–Kier alpha value is -2.63. The van der Waals surface area contributed by atoms with E-state index >= 15 is 0 Å². The Morgan fingerprint density at radius 3 is 2.58 bits per heavy atom. The number of amides is 1. The fourth-order valence-electron chi connectivity index (χ4n) is 1.62. The molecule has 0 unspecified atom stereocenters. The molecule has 0 fully saturated rings.